The molecule has 0 aliphatic heterocycles. The number of ether oxygens (including phenoxy) is 2. The molecule has 3 aromatic rings. The smallest absolute Gasteiger partial charge is 0.342 e. The number of esters is 2. The van der Waals surface area contributed by atoms with Crippen molar-refractivity contribution in [1.29, 1.82) is 0 Å². The summed E-state index contributed by atoms with van der Waals surface area (Å²) in [6.07, 6.45) is 0. The van der Waals surface area contributed by atoms with E-state index in [-0.39, 0.29) is 12.6 Å². The van der Waals surface area contributed by atoms with Gasteiger partial charge in [-0.25, -0.2) is 4.79 Å². The van der Waals surface area contributed by atoms with Gasteiger partial charge in [0.25, 0.3) is 0 Å². The molecule has 0 saturated heterocycles. The molecule has 1 N–H and O–H groups in total. The Hall–Kier alpha value is -3.44. The molecule has 0 spiro atoms. The van der Waals surface area contributed by atoms with Crippen molar-refractivity contribution >= 4 is 11.9 Å². The number of benzene rings is 3. The van der Waals surface area contributed by atoms with E-state index in [1.807, 2.05) is 54.6 Å². The van der Waals surface area contributed by atoms with Crippen LogP contribution in [-0.4, -0.2) is 17.0 Å². The van der Waals surface area contributed by atoms with Gasteiger partial charge in [0.2, 0.25) is 0 Å². The van der Waals surface area contributed by atoms with Crippen LogP contribution in [0.3, 0.4) is 0 Å². The molecule has 1 unspecified atom stereocenters. The zero-order valence-corrected chi connectivity index (χ0v) is 16.3. The number of carbonyl (C=O) groups excluding carboxylic acids is 2. The van der Waals surface area contributed by atoms with Gasteiger partial charge in [-0.1, -0.05) is 66.7 Å². The molecule has 0 heterocycles. The lowest BCUT2D eigenvalue weighted by atomic mass is 9.94. The van der Waals surface area contributed by atoms with E-state index in [0.717, 1.165) is 16.7 Å². The molecule has 1 atom stereocenters. The largest absolute Gasteiger partial charge is 0.458 e. The van der Waals surface area contributed by atoms with E-state index < -0.39 is 11.6 Å². The topological polar surface area (TPSA) is 72.8 Å². The van der Waals surface area contributed by atoms with Gasteiger partial charge in [-0.2, -0.15) is 0 Å². The second kappa shape index (κ2) is 8.71. The average molecular weight is 390 g/mol. The molecule has 5 nitrogen and oxygen atoms in total. The Morgan fingerprint density at radius 2 is 1.41 bits per heavy atom. The molecule has 0 radical (unpaired) electrons. The fraction of sp³-hybridized carbons (Fsp3) is 0.167. The zero-order chi connectivity index (χ0) is 20.9. The van der Waals surface area contributed by atoms with Crippen molar-refractivity contribution in [1.82, 2.24) is 0 Å². The lowest BCUT2D eigenvalue weighted by Gasteiger charge is -2.22. The summed E-state index contributed by atoms with van der Waals surface area (Å²) in [4.78, 5) is 23.4. The Morgan fingerprint density at radius 1 is 0.862 bits per heavy atom. The second-order valence-electron chi connectivity index (χ2n) is 6.83. The fourth-order valence-electron chi connectivity index (χ4n) is 2.85. The molecule has 148 valence electrons. The van der Waals surface area contributed by atoms with Crippen LogP contribution in [0.2, 0.25) is 0 Å². The summed E-state index contributed by atoms with van der Waals surface area (Å²) in [6.45, 7) is 2.87. The van der Waals surface area contributed by atoms with Crippen LogP contribution in [0, 0.1) is 0 Å². The predicted molar refractivity (Wildman–Crippen MR) is 109 cm³/mol. The van der Waals surface area contributed by atoms with Crippen molar-refractivity contribution in [2.45, 2.75) is 26.1 Å². The molecule has 3 rings (SSSR count). The minimum atomic E-state index is -1.76. The van der Waals surface area contributed by atoms with Crippen LogP contribution in [0.25, 0.3) is 11.1 Å². The molecule has 0 fully saturated rings. The Morgan fingerprint density at radius 3 is 1.97 bits per heavy atom. The van der Waals surface area contributed by atoms with Gasteiger partial charge in [-0.05, 0) is 41.3 Å². The van der Waals surface area contributed by atoms with Gasteiger partial charge in [0.05, 0.1) is 0 Å². The van der Waals surface area contributed by atoms with E-state index in [2.05, 4.69) is 0 Å². The van der Waals surface area contributed by atoms with Crippen LogP contribution in [0.4, 0.5) is 0 Å². The van der Waals surface area contributed by atoms with Crippen molar-refractivity contribution in [3.8, 4) is 16.9 Å². The first-order valence-electron chi connectivity index (χ1n) is 9.19. The van der Waals surface area contributed by atoms with Gasteiger partial charge >= 0.3 is 11.9 Å². The molecule has 0 bridgehead atoms. The average Bonchev–Trinajstić information content (AvgIpc) is 2.73. The zero-order valence-electron chi connectivity index (χ0n) is 16.3. The highest BCUT2D eigenvalue weighted by Crippen LogP contribution is 2.27. The first kappa shape index (κ1) is 20.3. The maximum atomic E-state index is 12.4. The summed E-state index contributed by atoms with van der Waals surface area (Å²) < 4.78 is 10.3. The quantitative estimate of drug-likeness (QED) is 0.504. The molecular weight excluding hydrogens is 368 g/mol. The van der Waals surface area contributed by atoms with E-state index >= 15 is 0 Å². The molecule has 0 aliphatic rings. The van der Waals surface area contributed by atoms with Crippen LogP contribution >= 0.6 is 0 Å². The number of hydrogen-bond acceptors (Lipinski definition) is 5. The van der Waals surface area contributed by atoms with E-state index in [9.17, 15) is 14.7 Å². The van der Waals surface area contributed by atoms with E-state index in [0.29, 0.717) is 11.3 Å². The summed E-state index contributed by atoms with van der Waals surface area (Å²) in [6, 6.07) is 23.4. The van der Waals surface area contributed by atoms with E-state index in [1.54, 1.807) is 24.3 Å². The summed E-state index contributed by atoms with van der Waals surface area (Å²) in [5.41, 5.74) is 1.35. The van der Waals surface area contributed by atoms with Gasteiger partial charge < -0.3 is 14.6 Å². The highest BCUT2D eigenvalue weighted by atomic mass is 16.5. The molecule has 0 aliphatic carbocycles. The predicted octanol–water partition coefficient (Wildman–Crippen LogP) is 4.23. The second-order valence-corrected chi connectivity index (χ2v) is 6.83. The Labute approximate surface area is 169 Å². The summed E-state index contributed by atoms with van der Waals surface area (Å²) in [5, 5.41) is 10.7. The Bertz CT molecular complexity index is 974. The fourth-order valence-corrected chi connectivity index (χ4v) is 2.85. The van der Waals surface area contributed by atoms with Crippen LogP contribution in [-0.2, 0) is 26.5 Å². The molecule has 0 amide bonds. The number of carbonyl (C=O) groups is 2. The Balaban J connectivity index is 1.69. The first-order chi connectivity index (χ1) is 13.9. The van der Waals surface area contributed by atoms with Gasteiger partial charge in [-0.3, -0.25) is 4.79 Å². The van der Waals surface area contributed by atoms with E-state index in [4.69, 9.17) is 9.47 Å². The van der Waals surface area contributed by atoms with Crippen molar-refractivity contribution in [2.24, 2.45) is 0 Å². The highest BCUT2D eigenvalue weighted by molar-refractivity contribution is 5.81. The van der Waals surface area contributed by atoms with Crippen LogP contribution in [0.1, 0.15) is 25.0 Å². The third-order valence-electron chi connectivity index (χ3n) is 4.51. The molecule has 3 aromatic carbocycles. The van der Waals surface area contributed by atoms with Crippen LogP contribution in [0.15, 0.2) is 78.9 Å². The van der Waals surface area contributed by atoms with Crippen molar-refractivity contribution in [2.75, 3.05) is 0 Å². The molecular formula is C24H22O5. The Kier molecular flexibility index (Phi) is 6.10. The van der Waals surface area contributed by atoms with Gasteiger partial charge in [0, 0.05) is 6.92 Å². The minimum absolute atomic E-state index is 0.0998. The standard InChI is InChI=1S/C24H22O5/c1-17(25)29-22-14-10-20(11-15-22)19-8-12-21(13-9-19)24(2,27)23(26)28-16-18-6-4-3-5-7-18/h3-15,27H,16H2,1-2H3. The van der Waals surface area contributed by atoms with Crippen molar-refractivity contribution in [3.63, 3.8) is 0 Å². The number of aliphatic hydroxyl groups is 1. The lowest BCUT2D eigenvalue weighted by Crippen LogP contribution is -2.34. The normalized spacial score (nSPS) is 12.7. The van der Waals surface area contributed by atoms with E-state index in [1.165, 1.54) is 13.8 Å². The third kappa shape index (κ3) is 5.09. The van der Waals surface area contributed by atoms with Gasteiger partial charge in [0.1, 0.15) is 12.4 Å². The van der Waals surface area contributed by atoms with Crippen molar-refractivity contribution in [3.05, 3.63) is 90.0 Å². The molecule has 0 saturated carbocycles. The molecule has 5 heteroatoms. The SMILES string of the molecule is CC(=O)Oc1ccc(-c2ccc(C(C)(O)C(=O)OCc3ccccc3)cc2)cc1. The summed E-state index contributed by atoms with van der Waals surface area (Å²) in [7, 11) is 0. The molecule has 0 aromatic heterocycles. The van der Waals surface area contributed by atoms with Crippen LogP contribution in [0.5, 0.6) is 5.75 Å². The van der Waals surface area contributed by atoms with Gasteiger partial charge in [0.15, 0.2) is 5.60 Å². The highest BCUT2D eigenvalue weighted by Gasteiger charge is 2.34. The number of rotatable bonds is 6. The number of hydrogen-bond donors (Lipinski definition) is 1. The van der Waals surface area contributed by atoms with Crippen LogP contribution < -0.4 is 4.74 Å². The minimum Gasteiger partial charge on any atom is -0.458 e. The summed E-state index contributed by atoms with van der Waals surface area (Å²) >= 11 is 0. The molecule has 29 heavy (non-hydrogen) atoms. The maximum Gasteiger partial charge on any atom is 0.342 e. The maximum absolute atomic E-state index is 12.4. The first-order valence-corrected chi connectivity index (χ1v) is 9.19. The summed E-state index contributed by atoms with van der Waals surface area (Å²) in [5.74, 6) is -0.606. The lowest BCUT2D eigenvalue weighted by molar-refractivity contribution is -0.166. The third-order valence-corrected chi connectivity index (χ3v) is 4.51. The van der Waals surface area contributed by atoms with Crippen molar-refractivity contribution < 1.29 is 24.2 Å². The van der Waals surface area contributed by atoms with Gasteiger partial charge in [-0.15, -0.1) is 0 Å². The monoisotopic (exact) mass is 390 g/mol.